The Bertz CT molecular complexity index is 657. The van der Waals surface area contributed by atoms with E-state index in [9.17, 15) is 14.4 Å². The molecule has 2 amide bonds. The van der Waals surface area contributed by atoms with Gasteiger partial charge >= 0.3 is 5.97 Å². The van der Waals surface area contributed by atoms with E-state index in [0.29, 0.717) is 19.5 Å². The molecule has 0 aliphatic carbocycles. The lowest BCUT2D eigenvalue weighted by atomic mass is 10.1. The van der Waals surface area contributed by atoms with E-state index in [0.717, 1.165) is 11.3 Å². The maximum atomic E-state index is 12.6. The summed E-state index contributed by atoms with van der Waals surface area (Å²) in [4.78, 5) is 39.4. The summed E-state index contributed by atoms with van der Waals surface area (Å²) in [5, 5.41) is 9.03. The number of rotatable bonds is 3. The lowest BCUT2D eigenvalue weighted by Crippen LogP contribution is -2.51. The molecule has 2 aliphatic rings. The third kappa shape index (κ3) is 3.12. The molecule has 2 aliphatic heterocycles. The van der Waals surface area contributed by atoms with Gasteiger partial charge in [0.05, 0.1) is 13.2 Å². The summed E-state index contributed by atoms with van der Waals surface area (Å²) in [7, 11) is 0. The highest BCUT2D eigenvalue weighted by molar-refractivity contribution is 6.09. The van der Waals surface area contributed by atoms with E-state index >= 15 is 0 Å². The van der Waals surface area contributed by atoms with Crippen LogP contribution in [0.15, 0.2) is 24.3 Å². The van der Waals surface area contributed by atoms with Crippen LogP contribution in [0.5, 0.6) is 0 Å². The molecule has 0 unspecified atom stereocenters. The van der Waals surface area contributed by atoms with Crippen molar-refractivity contribution in [2.24, 2.45) is 5.92 Å². The van der Waals surface area contributed by atoms with E-state index in [4.69, 9.17) is 9.84 Å². The van der Waals surface area contributed by atoms with Gasteiger partial charge in [0.2, 0.25) is 11.8 Å². The van der Waals surface area contributed by atoms with Crippen LogP contribution in [0, 0.1) is 12.8 Å². The molecule has 2 atom stereocenters. The number of benzene rings is 1. The fourth-order valence-corrected chi connectivity index (χ4v) is 3.11. The van der Waals surface area contributed by atoms with Gasteiger partial charge in [0.25, 0.3) is 0 Å². The maximum absolute atomic E-state index is 12.6. The molecule has 0 radical (unpaired) electrons. The topological polar surface area (TPSA) is 87.2 Å². The second-order valence-corrected chi connectivity index (χ2v) is 6.15. The standard InChI is InChI=1S/C17H20N2O5/c1-11-2-4-12(5-3-11)19-7-6-13(16(19)21)15(20)18-8-9-24-14(10-18)17(22)23/h2-5,13-14H,6-10H2,1H3,(H,22,23)/t13-,14+/m1/s1. The molecule has 2 saturated heterocycles. The molecule has 0 saturated carbocycles. The normalized spacial score (nSPS) is 24.3. The first-order valence-electron chi connectivity index (χ1n) is 7.98. The monoisotopic (exact) mass is 332 g/mol. The van der Waals surface area contributed by atoms with Gasteiger partial charge in [-0.3, -0.25) is 9.59 Å². The van der Waals surface area contributed by atoms with Crippen LogP contribution >= 0.6 is 0 Å². The molecule has 0 bridgehead atoms. The number of carboxylic acid groups (broad SMARTS) is 1. The Hall–Kier alpha value is -2.41. The molecule has 2 heterocycles. The van der Waals surface area contributed by atoms with E-state index < -0.39 is 18.0 Å². The van der Waals surface area contributed by atoms with E-state index in [2.05, 4.69) is 0 Å². The predicted octanol–water partition coefficient (Wildman–Crippen LogP) is 0.660. The number of carbonyl (C=O) groups is 3. The van der Waals surface area contributed by atoms with Crippen molar-refractivity contribution in [1.82, 2.24) is 4.90 Å². The Morgan fingerprint density at radius 2 is 1.92 bits per heavy atom. The average molecular weight is 332 g/mol. The number of hydrogen-bond donors (Lipinski definition) is 1. The molecule has 0 spiro atoms. The van der Waals surface area contributed by atoms with Crippen molar-refractivity contribution in [1.29, 1.82) is 0 Å². The Morgan fingerprint density at radius 3 is 2.58 bits per heavy atom. The van der Waals surface area contributed by atoms with Crippen LogP contribution in [0.1, 0.15) is 12.0 Å². The average Bonchev–Trinajstić information content (AvgIpc) is 2.96. The van der Waals surface area contributed by atoms with Crippen molar-refractivity contribution in [3.05, 3.63) is 29.8 Å². The Morgan fingerprint density at radius 1 is 1.21 bits per heavy atom. The van der Waals surface area contributed by atoms with Crippen LogP contribution < -0.4 is 4.90 Å². The zero-order chi connectivity index (χ0) is 17.3. The van der Waals surface area contributed by atoms with Crippen LogP contribution in [-0.4, -0.2) is 60.1 Å². The van der Waals surface area contributed by atoms with Gasteiger partial charge in [-0.2, -0.15) is 0 Å². The molecular weight excluding hydrogens is 312 g/mol. The van der Waals surface area contributed by atoms with Gasteiger partial charge in [-0.25, -0.2) is 4.79 Å². The van der Waals surface area contributed by atoms with Gasteiger partial charge in [0.1, 0.15) is 5.92 Å². The fraction of sp³-hybridized carbons (Fsp3) is 0.471. The highest BCUT2D eigenvalue weighted by Crippen LogP contribution is 2.27. The summed E-state index contributed by atoms with van der Waals surface area (Å²) in [5.41, 5.74) is 1.89. The van der Waals surface area contributed by atoms with Crippen LogP contribution in [0.2, 0.25) is 0 Å². The maximum Gasteiger partial charge on any atom is 0.334 e. The van der Waals surface area contributed by atoms with E-state index in [1.54, 1.807) is 4.90 Å². The molecule has 24 heavy (non-hydrogen) atoms. The third-order valence-electron chi connectivity index (χ3n) is 4.50. The van der Waals surface area contributed by atoms with Crippen LogP contribution in [0.4, 0.5) is 5.69 Å². The number of morpholine rings is 1. The molecule has 0 aromatic heterocycles. The molecule has 1 N–H and O–H groups in total. The summed E-state index contributed by atoms with van der Waals surface area (Å²) in [6.45, 7) is 2.94. The SMILES string of the molecule is Cc1ccc(N2CC[C@H](C(=O)N3CCO[C@H](C(=O)O)C3)C2=O)cc1. The molecule has 2 fully saturated rings. The second-order valence-electron chi connectivity index (χ2n) is 6.15. The molecule has 3 rings (SSSR count). The van der Waals surface area contributed by atoms with Gasteiger partial charge in [-0.15, -0.1) is 0 Å². The first-order valence-corrected chi connectivity index (χ1v) is 7.98. The minimum Gasteiger partial charge on any atom is -0.479 e. The summed E-state index contributed by atoms with van der Waals surface area (Å²) >= 11 is 0. The lowest BCUT2D eigenvalue weighted by Gasteiger charge is -2.32. The first kappa shape index (κ1) is 16.4. The number of ether oxygens (including phenoxy) is 1. The van der Waals surface area contributed by atoms with E-state index in [-0.39, 0.29) is 25.0 Å². The van der Waals surface area contributed by atoms with Crippen molar-refractivity contribution in [3.8, 4) is 0 Å². The van der Waals surface area contributed by atoms with Crippen molar-refractivity contribution >= 4 is 23.5 Å². The van der Waals surface area contributed by atoms with Crippen molar-refractivity contribution in [2.75, 3.05) is 31.1 Å². The van der Waals surface area contributed by atoms with Crippen molar-refractivity contribution in [3.63, 3.8) is 0 Å². The highest BCUT2D eigenvalue weighted by atomic mass is 16.5. The molecule has 7 nitrogen and oxygen atoms in total. The van der Waals surface area contributed by atoms with Gasteiger partial charge in [0, 0.05) is 18.8 Å². The predicted molar refractivity (Wildman–Crippen MR) is 85.6 cm³/mol. The molecule has 128 valence electrons. The number of aliphatic carboxylic acids is 1. The third-order valence-corrected chi connectivity index (χ3v) is 4.50. The second kappa shape index (κ2) is 6.60. The van der Waals surface area contributed by atoms with E-state index in [1.165, 1.54) is 4.90 Å². The number of aryl methyl sites for hydroxylation is 1. The minimum absolute atomic E-state index is 0.0114. The largest absolute Gasteiger partial charge is 0.479 e. The van der Waals surface area contributed by atoms with Crippen LogP contribution in [0.3, 0.4) is 0 Å². The number of hydrogen-bond acceptors (Lipinski definition) is 4. The fourth-order valence-electron chi connectivity index (χ4n) is 3.11. The number of carboxylic acids is 1. The van der Waals surface area contributed by atoms with Gasteiger partial charge < -0.3 is 19.6 Å². The smallest absolute Gasteiger partial charge is 0.334 e. The number of nitrogens with zero attached hydrogens (tertiary/aromatic N) is 2. The lowest BCUT2D eigenvalue weighted by molar-refractivity contribution is -0.160. The summed E-state index contributed by atoms with van der Waals surface area (Å²) in [6.07, 6.45) is -0.576. The molecule has 1 aromatic rings. The van der Waals surface area contributed by atoms with E-state index in [1.807, 2.05) is 31.2 Å². The summed E-state index contributed by atoms with van der Waals surface area (Å²) in [6, 6.07) is 7.60. The molecule has 7 heteroatoms. The van der Waals surface area contributed by atoms with Gasteiger partial charge in [-0.1, -0.05) is 17.7 Å². The van der Waals surface area contributed by atoms with Crippen molar-refractivity contribution in [2.45, 2.75) is 19.4 Å². The number of anilines is 1. The zero-order valence-electron chi connectivity index (χ0n) is 13.5. The zero-order valence-corrected chi connectivity index (χ0v) is 13.5. The van der Waals surface area contributed by atoms with Gasteiger partial charge in [0.15, 0.2) is 6.10 Å². The van der Waals surface area contributed by atoms with Crippen LogP contribution in [0.25, 0.3) is 0 Å². The Balaban J connectivity index is 1.69. The van der Waals surface area contributed by atoms with Crippen molar-refractivity contribution < 1.29 is 24.2 Å². The number of amides is 2. The number of carbonyl (C=O) groups excluding carboxylic acids is 2. The Labute approximate surface area is 139 Å². The van der Waals surface area contributed by atoms with Gasteiger partial charge in [-0.05, 0) is 25.5 Å². The Kier molecular flexibility index (Phi) is 4.53. The van der Waals surface area contributed by atoms with Crippen LogP contribution in [-0.2, 0) is 19.1 Å². The molecule has 1 aromatic carbocycles. The molecular formula is C17H20N2O5. The quantitative estimate of drug-likeness (QED) is 0.822. The minimum atomic E-state index is -1.09. The first-order chi connectivity index (χ1) is 11.5. The summed E-state index contributed by atoms with van der Waals surface area (Å²) in [5.74, 6) is -2.35. The highest BCUT2D eigenvalue weighted by Gasteiger charge is 2.41. The summed E-state index contributed by atoms with van der Waals surface area (Å²) < 4.78 is 5.12.